The fraction of sp³-hybridized carbons (Fsp3) is 1.00. The Hall–Kier alpha value is -0.0800. The van der Waals surface area contributed by atoms with Crippen molar-refractivity contribution in [3.8, 4) is 0 Å². The van der Waals surface area contributed by atoms with E-state index in [9.17, 15) is 0 Å². The molecule has 1 saturated carbocycles. The summed E-state index contributed by atoms with van der Waals surface area (Å²) in [5, 5.41) is 3.41. The lowest BCUT2D eigenvalue weighted by molar-refractivity contribution is 0.00531. The Bertz CT molecular complexity index is 196. The Morgan fingerprint density at radius 1 is 0.895 bits per heavy atom. The van der Waals surface area contributed by atoms with E-state index in [4.69, 9.17) is 4.74 Å². The molecule has 1 rings (SSSR count). The van der Waals surface area contributed by atoms with Crippen molar-refractivity contribution in [2.45, 2.75) is 96.1 Å². The quantitative estimate of drug-likeness (QED) is 0.550. The lowest BCUT2D eigenvalue weighted by atomic mass is 9.92. The molecule has 1 aliphatic carbocycles. The normalized spacial score (nSPS) is 23.7. The van der Waals surface area contributed by atoms with E-state index in [2.05, 4.69) is 19.3 Å². The van der Waals surface area contributed by atoms with Crippen molar-refractivity contribution in [2.24, 2.45) is 0 Å². The molecule has 0 heterocycles. The third kappa shape index (κ3) is 7.94. The van der Waals surface area contributed by atoms with Gasteiger partial charge >= 0.3 is 0 Å². The molecule has 1 fully saturated rings. The maximum absolute atomic E-state index is 6.07. The van der Waals surface area contributed by atoms with Crippen LogP contribution in [0.15, 0.2) is 0 Å². The number of ether oxygens (including phenoxy) is 1. The molecule has 0 amide bonds. The van der Waals surface area contributed by atoms with Crippen LogP contribution >= 0.6 is 0 Å². The van der Waals surface area contributed by atoms with Crippen LogP contribution < -0.4 is 5.32 Å². The second kappa shape index (κ2) is 11.7. The fourth-order valence-corrected chi connectivity index (χ4v) is 3.10. The van der Waals surface area contributed by atoms with Crippen molar-refractivity contribution < 1.29 is 4.74 Å². The fourth-order valence-electron chi connectivity index (χ4n) is 3.10. The minimum atomic E-state index is 0.475. The van der Waals surface area contributed by atoms with Gasteiger partial charge < -0.3 is 10.1 Å². The molecule has 0 saturated heterocycles. The third-order valence-corrected chi connectivity index (χ3v) is 4.40. The number of hydrogen-bond donors (Lipinski definition) is 1. The van der Waals surface area contributed by atoms with Crippen LogP contribution in [0.3, 0.4) is 0 Å². The maximum atomic E-state index is 6.07. The molecule has 1 aliphatic rings. The lowest BCUT2D eigenvalue weighted by Crippen LogP contribution is -2.41. The molecule has 0 aromatic carbocycles. The molecule has 114 valence electrons. The summed E-state index contributed by atoms with van der Waals surface area (Å²) in [6, 6.07) is 0.600. The summed E-state index contributed by atoms with van der Waals surface area (Å²) in [5.41, 5.74) is 0. The monoisotopic (exact) mass is 269 g/mol. The molecule has 0 aromatic rings. The van der Waals surface area contributed by atoms with Gasteiger partial charge in [0.1, 0.15) is 0 Å². The van der Waals surface area contributed by atoms with Crippen molar-refractivity contribution in [2.75, 3.05) is 13.7 Å². The number of likely N-dealkylation sites (N-methyl/N-ethyl adjacent to an activating group) is 1. The second-order valence-corrected chi connectivity index (χ2v) is 6.06. The summed E-state index contributed by atoms with van der Waals surface area (Å²) in [7, 11) is 2.07. The molecule has 0 bridgehead atoms. The van der Waals surface area contributed by atoms with E-state index >= 15 is 0 Å². The van der Waals surface area contributed by atoms with E-state index in [1.54, 1.807) is 0 Å². The Labute approximate surface area is 120 Å². The third-order valence-electron chi connectivity index (χ3n) is 4.40. The molecule has 2 nitrogen and oxygen atoms in total. The van der Waals surface area contributed by atoms with E-state index < -0.39 is 0 Å². The van der Waals surface area contributed by atoms with Gasteiger partial charge in [-0.15, -0.1) is 0 Å². The SMILES string of the molecule is CCCCCCCCCCOC1CCCCC1NC. The topological polar surface area (TPSA) is 21.3 Å². The summed E-state index contributed by atoms with van der Waals surface area (Å²) in [6.45, 7) is 3.25. The van der Waals surface area contributed by atoms with Gasteiger partial charge in [0.15, 0.2) is 0 Å². The Morgan fingerprint density at radius 3 is 2.21 bits per heavy atom. The van der Waals surface area contributed by atoms with Gasteiger partial charge in [-0.2, -0.15) is 0 Å². The molecule has 1 N–H and O–H groups in total. The van der Waals surface area contributed by atoms with Crippen LogP contribution in [-0.2, 0) is 4.74 Å². The van der Waals surface area contributed by atoms with Gasteiger partial charge in [-0.05, 0) is 26.3 Å². The summed E-state index contributed by atoms with van der Waals surface area (Å²) in [5.74, 6) is 0. The van der Waals surface area contributed by atoms with Crippen molar-refractivity contribution in [3.63, 3.8) is 0 Å². The predicted molar refractivity (Wildman–Crippen MR) is 83.7 cm³/mol. The largest absolute Gasteiger partial charge is 0.377 e. The van der Waals surface area contributed by atoms with Crippen LogP contribution in [0.25, 0.3) is 0 Å². The Balaban J connectivity index is 1.89. The molecule has 0 aromatic heterocycles. The second-order valence-electron chi connectivity index (χ2n) is 6.06. The lowest BCUT2D eigenvalue weighted by Gasteiger charge is -2.31. The molecular weight excluding hydrogens is 234 g/mol. The minimum Gasteiger partial charge on any atom is -0.377 e. The predicted octanol–water partition coefficient (Wildman–Crippen LogP) is 4.67. The maximum Gasteiger partial charge on any atom is 0.0727 e. The average Bonchev–Trinajstić information content (AvgIpc) is 2.46. The molecule has 0 aliphatic heterocycles. The Morgan fingerprint density at radius 2 is 1.53 bits per heavy atom. The van der Waals surface area contributed by atoms with Gasteiger partial charge in [0.25, 0.3) is 0 Å². The smallest absolute Gasteiger partial charge is 0.0727 e. The van der Waals surface area contributed by atoms with Gasteiger partial charge in [0, 0.05) is 12.6 Å². The summed E-state index contributed by atoms with van der Waals surface area (Å²) < 4.78 is 6.07. The molecule has 2 atom stereocenters. The van der Waals surface area contributed by atoms with Crippen LogP contribution in [0.1, 0.15) is 84.0 Å². The molecule has 2 unspecified atom stereocenters. The molecule has 0 spiro atoms. The van der Waals surface area contributed by atoms with Gasteiger partial charge in [0.2, 0.25) is 0 Å². The van der Waals surface area contributed by atoms with Crippen LogP contribution in [-0.4, -0.2) is 25.8 Å². The summed E-state index contributed by atoms with van der Waals surface area (Å²) in [6.07, 6.45) is 16.8. The highest BCUT2D eigenvalue weighted by Crippen LogP contribution is 2.21. The van der Waals surface area contributed by atoms with Gasteiger partial charge in [-0.1, -0.05) is 64.7 Å². The zero-order valence-electron chi connectivity index (χ0n) is 13.3. The van der Waals surface area contributed by atoms with Crippen LogP contribution in [0, 0.1) is 0 Å². The van der Waals surface area contributed by atoms with Crippen molar-refractivity contribution in [1.29, 1.82) is 0 Å². The summed E-state index contributed by atoms with van der Waals surface area (Å²) >= 11 is 0. The van der Waals surface area contributed by atoms with E-state index in [0.29, 0.717) is 12.1 Å². The molecular formula is C17H35NO. The molecule has 19 heavy (non-hydrogen) atoms. The number of unbranched alkanes of at least 4 members (excludes halogenated alkanes) is 7. The highest BCUT2D eigenvalue weighted by Gasteiger charge is 2.23. The number of rotatable bonds is 11. The van der Waals surface area contributed by atoms with Crippen molar-refractivity contribution >= 4 is 0 Å². The van der Waals surface area contributed by atoms with Gasteiger partial charge in [-0.25, -0.2) is 0 Å². The highest BCUT2D eigenvalue weighted by molar-refractivity contribution is 4.80. The van der Waals surface area contributed by atoms with Crippen LogP contribution in [0.4, 0.5) is 0 Å². The first kappa shape index (κ1) is 17.0. The van der Waals surface area contributed by atoms with Crippen molar-refractivity contribution in [1.82, 2.24) is 5.32 Å². The standard InChI is InChI=1S/C17H35NO/c1-3-4-5-6-7-8-9-12-15-19-17-14-11-10-13-16(17)18-2/h16-18H,3-15H2,1-2H3. The van der Waals surface area contributed by atoms with E-state index in [1.807, 2.05) is 0 Å². The zero-order valence-corrected chi connectivity index (χ0v) is 13.3. The first-order chi connectivity index (χ1) is 9.38. The number of nitrogens with one attached hydrogen (secondary N) is 1. The molecule has 2 heteroatoms. The van der Waals surface area contributed by atoms with E-state index in [0.717, 1.165) is 6.61 Å². The van der Waals surface area contributed by atoms with Crippen molar-refractivity contribution in [3.05, 3.63) is 0 Å². The summed E-state index contributed by atoms with van der Waals surface area (Å²) in [4.78, 5) is 0. The van der Waals surface area contributed by atoms with Crippen LogP contribution in [0.5, 0.6) is 0 Å². The van der Waals surface area contributed by atoms with E-state index in [1.165, 1.54) is 77.0 Å². The first-order valence-electron chi connectivity index (χ1n) is 8.67. The Kier molecular flexibility index (Phi) is 10.5. The minimum absolute atomic E-state index is 0.475. The van der Waals surface area contributed by atoms with Gasteiger partial charge in [-0.3, -0.25) is 0 Å². The first-order valence-corrected chi connectivity index (χ1v) is 8.67. The van der Waals surface area contributed by atoms with Crippen LogP contribution in [0.2, 0.25) is 0 Å². The van der Waals surface area contributed by atoms with Gasteiger partial charge in [0.05, 0.1) is 6.10 Å². The molecule has 0 radical (unpaired) electrons. The average molecular weight is 269 g/mol. The highest BCUT2D eigenvalue weighted by atomic mass is 16.5. The zero-order chi connectivity index (χ0) is 13.8. The number of hydrogen-bond acceptors (Lipinski definition) is 2. The van der Waals surface area contributed by atoms with E-state index in [-0.39, 0.29) is 0 Å².